The first-order valence-corrected chi connectivity index (χ1v) is 8.91. The van der Waals surface area contributed by atoms with Crippen LogP contribution in [0.4, 0.5) is 5.69 Å². The zero-order valence-electron chi connectivity index (χ0n) is 14.8. The lowest BCUT2D eigenvalue weighted by Crippen LogP contribution is -2.47. The van der Waals surface area contributed by atoms with Crippen LogP contribution in [0.15, 0.2) is 48.7 Å². The lowest BCUT2D eigenvalue weighted by Gasteiger charge is -2.36. The Labute approximate surface area is 149 Å². The zero-order valence-corrected chi connectivity index (χ0v) is 14.8. The van der Waals surface area contributed by atoms with E-state index in [1.165, 1.54) is 11.3 Å². The van der Waals surface area contributed by atoms with E-state index in [0.717, 1.165) is 38.4 Å². The van der Waals surface area contributed by atoms with Gasteiger partial charge in [-0.25, -0.2) is 0 Å². The molecule has 1 saturated heterocycles. The summed E-state index contributed by atoms with van der Waals surface area (Å²) >= 11 is 0. The van der Waals surface area contributed by atoms with Crippen molar-refractivity contribution in [2.75, 3.05) is 37.6 Å². The van der Waals surface area contributed by atoms with Gasteiger partial charge < -0.3 is 10.2 Å². The summed E-state index contributed by atoms with van der Waals surface area (Å²) in [6.45, 7) is 7.47. The minimum absolute atomic E-state index is 0.0896. The molecule has 1 aliphatic rings. The summed E-state index contributed by atoms with van der Waals surface area (Å²) in [4.78, 5) is 21.0. The van der Waals surface area contributed by atoms with Gasteiger partial charge in [0.15, 0.2) is 0 Å². The third-order valence-electron chi connectivity index (χ3n) is 4.59. The number of carbonyl (C=O) groups excluding carboxylic acids is 1. The summed E-state index contributed by atoms with van der Waals surface area (Å²) in [6.07, 6.45) is 2.28. The number of pyridine rings is 1. The molecule has 1 amide bonds. The third kappa shape index (κ3) is 5.29. The number of piperazine rings is 1. The first kappa shape index (κ1) is 17.4. The Kier molecular flexibility index (Phi) is 6.01. The minimum atomic E-state index is 0.0896. The van der Waals surface area contributed by atoms with Crippen molar-refractivity contribution in [1.29, 1.82) is 0 Å². The van der Waals surface area contributed by atoms with Crippen molar-refractivity contribution < 1.29 is 4.79 Å². The van der Waals surface area contributed by atoms with Crippen molar-refractivity contribution in [3.8, 4) is 0 Å². The van der Waals surface area contributed by atoms with Crippen LogP contribution in [0.2, 0.25) is 0 Å². The molecule has 1 aliphatic heterocycles. The number of nitrogens with one attached hydrogen (secondary N) is 1. The molecule has 1 aromatic carbocycles. The van der Waals surface area contributed by atoms with Gasteiger partial charge in [0, 0.05) is 51.0 Å². The largest absolute Gasteiger partial charge is 0.369 e. The Balaban J connectivity index is 1.37. The smallest absolute Gasteiger partial charge is 0.221 e. The number of hydrogen-bond acceptors (Lipinski definition) is 4. The van der Waals surface area contributed by atoms with E-state index in [2.05, 4.69) is 51.3 Å². The lowest BCUT2D eigenvalue weighted by atomic mass is 10.2. The number of nitrogens with zero attached hydrogens (tertiary/aromatic N) is 3. The maximum absolute atomic E-state index is 12.0. The van der Waals surface area contributed by atoms with Gasteiger partial charge in [-0.3, -0.25) is 14.7 Å². The number of rotatable bonds is 6. The van der Waals surface area contributed by atoms with Gasteiger partial charge in [0.2, 0.25) is 5.91 Å². The summed E-state index contributed by atoms with van der Waals surface area (Å²) in [5.41, 5.74) is 3.49. The molecule has 0 aliphatic carbocycles. The van der Waals surface area contributed by atoms with Gasteiger partial charge in [-0.05, 0) is 36.8 Å². The fourth-order valence-corrected chi connectivity index (χ4v) is 3.09. The predicted octanol–water partition coefficient (Wildman–Crippen LogP) is 2.22. The van der Waals surface area contributed by atoms with Crippen LogP contribution in [0.3, 0.4) is 0 Å². The van der Waals surface area contributed by atoms with E-state index in [0.29, 0.717) is 13.0 Å². The molecule has 0 saturated carbocycles. The normalized spacial score (nSPS) is 15.2. The van der Waals surface area contributed by atoms with Crippen molar-refractivity contribution >= 4 is 11.6 Å². The fraction of sp³-hybridized carbons (Fsp3) is 0.400. The number of hydrogen-bond donors (Lipinski definition) is 1. The minimum Gasteiger partial charge on any atom is -0.369 e. The molecule has 132 valence electrons. The highest BCUT2D eigenvalue weighted by molar-refractivity contribution is 5.76. The number of anilines is 1. The van der Waals surface area contributed by atoms with Crippen LogP contribution in [0.5, 0.6) is 0 Å². The average Bonchev–Trinajstić information content (AvgIpc) is 2.66. The van der Waals surface area contributed by atoms with Crippen LogP contribution in [-0.4, -0.2) is 48.5 Å². The molecule has 0 unspecified atom stereocenters. The van der Waals surface area contributed by atoms with E-state index in [9.17, 15) is 4.79 Å². The molecule has 1 aromatic heterocycles. The van der Waals surface area contributed by atoms with Gasteiger partial charge in [-0.15, -0.1) is 0 Å². The number of amides is 1. The Morgan fingerprint density at radius 3 is 2.68 bits per heavy atom. The number of aryl methyl sites for hydroxylation is 1. The van der Waals surface area contributed by atoms with E-state index in [4.69, 9.17) is 0 Å². The van der Waals surface area contributed by atoms with Gasteiger partial charge in [0.1, 0.15) is 0 Å². The second-order valence-electron chi connectivity index (χ2n) is 6.52. The second-order valence-corrected chi connectivity index (χ2v) is 6.52. The highest BCUT2D eigenvalue weighted by Crippen LogP contribution is 2.17. The highest BCUT2D eigenvalue weighted by Gasteiger charge is 2.17. The topological polar surface area (TPSA) is 48.5 Å². The molecule has 1 fully saturated rings. The summed E-state index contributed by atoms with van der Waals surface area (Å²) in [6, 6.07) is 14.4. The molecule has 2 heterocycles. The quantitative estimate of drug-likeness (QED) is 0.877. The van der Waals surface area contributed by atoms with Crippen molar-refractivity contribution in [1.82, 2.24) is 15.2 Å². The van der Waals surface area contributed by atoms with Gasteiger partial charge in [0.05, 0.1) is 12.2 Å². The predicted molar refractivity (Wildman–Crippen MR) is 101 cm³/mol. The molecule has 0 bridgehead atoms. The molecule has 1 N–H and O–H groups in total. The molecule has 0 spiro atoms. The molecule has 0 radical (unpaired) electrons. The molecular formula is C20H26N4O. The molecule has 25 heavy (non-hydrogen) atoms. The van der Waals surface area contributed by atoms with Crippen molar-refractivity contribution in [2.24, 2.45) is 0 Å². The van der Waals surface area contributed by atoms with Crippen molar-refractivity contribution in [3.05, 3.63) is 59.9 Å². The lowest BCUT2D eigenvalue weighted by molar-refractivity contribution is -0.121. The zero-order chi connectivity index (χ0) is 17.5. The van der Waals surface area contributed by atoms with Crippen LogP contribution >= 0.6 is 0 Å². The third-order valence-corrected chi connectivity index (χ3v) is 4.59. The maximum Gasteiger partial charge on any atom is 0.221 e. The molecule has 0 atom stereocenters. The second kappa shape index (κ2) is 8.62. The van der Waals surface area contributed by atoms with Crippen LogP contribution < -0.4 is 10.2 Å². The standard InChI is InChI=1S/C20H26N4O/c1-17-5-4-7-19(15-17)24-13-11-23(12-14-24)10-8-20(25)22-16-18-6-2-3-9-21-18/h2-7,9,15H,8,10-14,16H2,1H3,(H,22,25). The Morgan fingerprint density at radius 1 is 1.12 bits per heavy atom. The monoisotopic (exact) mass is 338 g/mol. The van der Waals surface area contributed by atoms with Crippen LogP contribution in [-0.2, 0) is 11.3 Å². The fourth-order valence-electron chi connectivity index (χ4n) is 3.09. The SMILES string of the molecule is Cc1cccc(N2CCN(CCC(=O)NCc3ccccn3)CC2)c1. The van der Waals surface area contributed by atoms with Gasteiger partial charge in [-0.1, -0.05) is 18.2 Å². The van der Waals surface area contributed by atoms with E-state index in [1.807, 2.05) is 18.2 Å². The molecule has 5 heteroatoms. The highest BCUT2D eigenvalue weighted by atomic mass is 16.1. The first-order valence-electron chi connectivity index (χ1n) is 8.91. The summed E-state index contributed by atoms with van der Waals surface area (Å²) < 4.78 is 0. The van der Waals surface area contributed by atoms with Crippen LogP contribution in [0.1, 0.15) is 17.7 Å². The van der Waals surface area contributed by atoms with Gasteiger partial charge in [0.25, 0.3) is 0 Å². The molecular weight excluding hydrogens is 312 g/mol. The van der Waals surface area contributed by atoms with Crippen LogP contribution in [0, 0.1) is 6.92 Å². The average molecular weight is 338 g/mol. The van der Waals surface area contributed by atoms with E-state index in [-0.39, 0.29) is 5.91 Å². The summed E-state index contributed by atoms with van der Waals surface area (Å²) in [5.74, 6) is 0.0896. The number of benzene rings is 1. The summed E-state index contributed by atoms with van der Waals surface area (Å²) in [5, 5.41) is 2.94. The summed E-state index contributed by atoms with van der Waals surface area (Å²) in [7, 11) is 0. The Morgan fingerprint density at radius 2 is 1.96 bits per heavy atom. The Hall–Kier alpha value is -2.40. The van der Waals surface area contributed by atoms with Gasteiger partial charge >= 0.3 is 0 Å². The maximum atomic E-state index is 12.0. The molecule has 3 rings (SSSR count). The van der Waals surface area contributed by atoms with E-state index in [1.54, 1.807) is 6.20 Å². The van der Waals surface area contributed by atoms with Gasteiger partial charge in [-0.2, -0.15) is 0 Å². The first-order chi connectivity index (χ1) is 12.2. The Bertz CT molecular complexity index is 681. The molecule has 2 aromatic rings. The van der Waals surface area contributed by atoms with Crippen molar-refractivity contribution in [2.45, 2.75) is 19.9 Å². The molecule has 5 nitrogen and oxygen atoms in total. The van der Waals surface area contributed by atoms with Crippen molar-refractivity contribution in [3.63, 3.8) is 0 Å². The van der Waals surface area contributed by atoms with E-state index >= 15 is 0 Å². The van der Waals surface area contributed by atoms with Crippen LogP contribution in [0.25, 0.3) is 0 Å². The number of aromatic nitrogens is 1. The van der Waals surface area contributed by atoms with E-state index < -0.39 is 0 Å². The number of carbonyl (C=O) groups is 1.